The minimum Gasteiger partial charge on any atom is -0.496 e. The number of aromatic nitrogens is 1. The SMILES string of the molecule is COc1ccnc(Cl)c1/C=N\[S@@](=O)C(C)(C)C. The molecule has 0 spiro atoms. The molecule has 1 aromatic rings. The predicted octanol–water partition coefficient (Wildman–Crippen LogP) is 2.62. The van der Waals surface area contributed by atoms with Gasteiger partial charge < -0.3 is 4.74 Å². The van der Waals surface area contributed by atoms with Crippen LogP contribution in [0.2, 0.25) is 5.15 Å². The molecule has 1 rings (SSSR count). The Morgan fingerprint density at radius 3 is 2.71 bits per heavy atom. The molecular weight excluding hydrogens is 260 g/mol. The van der Waals surface area contributed by atoms with Gasteiger partial charge >= 0.3 is 0 Å². The molecule has 0 amide bonds. The highest BCUT2D eigenvalue weighted by atomic mass is 35.5. The molecule has 0 saturated carbocycles. The lowest BCUT2D eigenvalue weighted by atomic mass is 10.3. The van der Waals surface area contributed by atoms with Crippen LogP contribution in [0.15, 0.2) is 16.7 Å². The second kappa shape index (κ2) is 5.60. The first-order valence-corrected chi connectivity index (χ1v) is 6.49. The van der Waals surface area contributed by atoms with E-state index in [1.165, 1.54) is 13.3 Å². The third-order valence-corrected chi connectivity index (χ3v) is 3.57. The Bertz CT molecular complexity index is 455. The van der Waals surface area contributed by atoms with Crippen molar-refractivity contribution in [1.82, 2.24) is 4.98 Å². The average Bonchev–Trinajstić information content (AvgIpc) is 2.25. The molecule has 0 aromatic carbocycles. The van der Waals surface area contributed by atoms with Crippen LogP contribution in [0.4, 0.5) is 0 Å². The lowest BCUT2D eigenvalue weighted by molar-refractivity contribution is 0.413. The maximum Gasteiger partial charge on any atom is 0.144 e. The normalized spacial score (nSPS) is 13.9. The van der Waals surface area contributed by atoms with Crippen LogP contribution in [0.3, 0.4) is 0 Å². The highest BCUT2D eigenvalue weighted by Crippen LogP contribution is 2.22. The predicted molar refractivity (Wildman–Crippen MR) is 71.3 cm³/mol. The van der Waals surface area contributed by atoms with Crippen LogP contribution < -0.4 is 4.74 Å². The second-order valence-electron chi connectivity index (χ2n) is 4.31. The molecule has 0 fully saturated rings. The van der Waals surface area contributed by atoms with Gasteiger partial charge in [0.05, 0.1) is 23.6 Å². The summed E-state index contributed by atoms with van der Waals surface area (Å²) in [6.07, 6.45) is 2.98. The van der Waals surface area contributed by atoms with E-state index in [1.807, 2.05) is 20.8 Å². The van der Waals surface area contributed by atoms with Crippen molar-refractivity contribution in [3.05, 3.63) is 23.0 Å². The molecule has 1 aromatic heterocycles. The van der Waals surface area contributed by atoms with Crippen molar-refractivity contribution in [1.29, 1.82) is 0 Å². The molecule has 0 aliphatic rings. The van der Waals surface area contributed by atoms with E-state index in [0.29, 0.717) is 11.3 Å². The average molecular weight is 275 g/mol. The van der Waals surface area contributed by atoms with E-state index in [1.54, 1.807) is 12.3 Å². The summed E-state index contributed by atoms with van der Waals surface area (Å²) >= 11 is 5.92. The highest BCUT2D eigenvalue weighted by molar-refractivity contribution is 7.85. The molecule has 0 radical (unpaired) electrons. The summed E-state index contributed by atoms with van der Waals surface area (Å²) in [4.78, 5) is 3.92. The van der Waals surface area contributed by atoms with E-state index in [0.717, 1.165) is 0 Å². The lowest BCUT2D eigenvalue weighted by Crippen LogP contribution is -2.19. The summed E-state index contributed by atoms with van der Waals surface area (Å²) in [5, 5.41) is 0.277. The van der Waals surface area contributed by atoms with Crippen LogP contribution in [0.1, 0.15) is 26.3 Å². The van der Waals surface area contributed by atoms with Gasteiger partial charge in [-0.2, -0.15) is 4.40 Å². The molecule has 0 bridgehead atoms. The topological polar surface area (TPSA) is 51.6 Å². The van der Waals surface area contributed by atoms with Crippen LogP contribution in [0, 0.1) is 0 Å². The molecule has 17 heavy (non-hydrogen) atoms. The van der Waals surface area contributed by atoms with Crippen molar-refractivity contribution in [2.45, 2.75) is 25.5 Å². The zero-order valence-electron chi connectivity index (χ0n) is 10.2. The zero-order chi connectivity index (χ0) is 13.1. The van der Waals surface area contributed by atoms with Crippen LogP contribution in [0.5, 0.6) is 5.75 Å². The Labute approximate surface area is 109 Å². The quantitative estimate of drug-likeness (QED) is 0.629. The Kier molecular flexibility index (Phi) is 4.65. The van der Waals surface area contributed by atoms with Gasteiger partial charge in [-0.1, -0.05) is 11.6 Å². The molecule has 4 nitrogen and oxygen atoms in total. The number of hydrogen-bond acceptors (Lipinski definition) is 3. The fraction of sp³-hybridized carbons (Fsp3) is 0.455. The standard InChI is InChI=1S/C11H15ClN2O2S/c1-11(2,3)17(15)14-7-8-9(16-4)5-6-13-10(8)12/h5-7H,1-4H3/b14-7-/t17-/m0/s1. The summed E-state index contributed by atoms with van der Waals surface area (Å²) in [6.45, 7) is 5.55. The van der Waals surface area contributed by atoms with Crippen molar-refractivity contribution in [3.8, 4) is 5.75 Å². The van der Waals surface area contributed by atoms with E-state index in [4.69, 9.17) is 16.3 Å². The van der Waals surface area contributed by atoms with Gasteiger partial charge in [0.2, 0.25) is 0 Å². The number of hydrogen-bond donors (Lipinski definition) is 0. The summed E-state index contributed by atoms with van der Waals surface area (Å²) in [6, 6.07) is 1.67. The van der Waals surface area contributed by atoms with E-state index in [9.17, 15) is 4.21 Å². The number of rotatable bonds is 3. The van der Waals surface area contributed by atoms with Gasteiger partial charge in [-0.15, -0.1) is 0 Å². The summed E-state index contributed by atoms with van der Waals surface area (Å²) in [7, 11) is 0.203. The molecule has 6 heteroatoms. The fourth-order valence-electron chi connectivity index (χ4n) is 0.985. The van der Waals surface area contributed by atoms with Crippen molar-refractivity contribution >= 4 is 28.8 Å². The Hall–Kier alpha value is -0.940. The van der Waals surface area contributed by atoms with Gasteiger partial charge in [0.1, 0.15) is 21.9 Å². The van der Waals surface area contributed by atoms with Crippen LogP contribution in [-0.2, 0) is 11.0 Å². The third kappa shape index (κ3) is 3.78. The monoisotopic (exact) mass is 274 g/mol. The first kappa shape index (κ1) is 14.1. The van der Waals surface area contributed by atoms with Crippen LogP contribution >= 0.6 is 11.6 Å². The maximum absolute atomic E-state index is 11.8. The molecule has 94 valence electrons. The van der Waals surface area contributed by atoms with Crippen molar-refractivity contribution in [2.75, 3.05) is 7.11 Å². The van der Waals surface area contributed by atoms with Crippen molar-refractivity contribution < 1.29 is 8.95 Å². The minimum atomic E-state index is -1.33. The number of pyridine rings is 1. The Morgan fingerprint density at radius 2 is 2.18 bits per heavy atom. The molecule has 0 N–H and O–H groups in total. The summed E-state index contributed by atoms with van der Waals surface area (Å²) in [5.74, 6) is 0.555. The van der Waals surface area contributed by atoms with E-state index in [-0.39, 0.29) is 5.15 Å². The maximum atomic E-state index is 11.8. The molecule has 0 aliphatic heterocycles. The molecule has 0 aliphatic carbocycles. The Morgan fingerprint density at radius 1 is 1.53 bits per heavy atom. The van der Waals surface area contributed by atoms with Gasteiger partial charge in [-0.05, 0) is 26.8 Å². The second-order valence-corrected chi connectivity index (χ2v) is 6.61. The minimum absolute atomic E-state index is 0.277. The number of ether oxygens (including phenoxy) is 1. The van der Waals surface area contributed by atoms with E-state index >= 15 is 0 Å². The lowest BCUT2D eigenvalue weighted by Gasteiger charge is -2.13. The van der Waals surface area contributed by atoms with E-state index < -0.39 is 15.7 Å². The number of nitrogens with zero attached hydrogens (tertiary/aromatic N) is 2. The van der Waals surface area contributed by atoms with E-state index in [2.05, 4.69) is 9.38 Å². The molecule has 1 atom stereocenters. The van der Waals surface area contributed by atoms with Gasteiger partial charge in [-0.3, -0.25) is 0 Å². The third-order valence-electron chi connectivity index (χ3n) is 1.92. The van der Waals surface area contributed by atoms with Crippen molar-refractivity contribution in [3.63, 3.8) is 0 Å². The van der Waals surface area contributed by atoms with Gasteiger partial charge in [0.15, 0.2) is 0 Å². The Balaban J connectivity index is 3.03. The molecule has 1 heterocycles. The number of halogens is 1. The smallest absolute Gasteiger partial charge is 0.144 e. The van der Waals surface area contributed by atoms with Gasteiger partial charge in [0, 0.05) is 6.20 Å². The summed E-state index contributed by atoms with van der Waals surface area (Å²) in [5.41, 5.74) is 0.536. The highest BCUT2D eigenvalue weighted by Gasteiger charge is 2.18. The van der Waals surface area contributed by atoms with Crippen molar-refractivity contribution in [2.24, 2.45) is 4.40 Å². The number of methoxy groups -OCH3 is 1. The van der Waals surface area contributed by atoms with Crippen LogP contribution in [-0.4, -0.2) is 27.3 Å². The van der Waals surface area contributed by atoms with Gasteiger partial charge in [-0.25, -0.2) is 9.19 Å². The van der Waals surface area contributed by atoms with Crippen LogP contribution in [0.25, 0.3) is 0 Å². The molecule has 0 saturated heterocycles. The first-order valence-electron chi connectivity index (χ1n) is 5.01. The summed E-state index contributed by atoms with van der Waals surface area (Å²) < 4.78 is 20.5. The zero-order valence-corrected chi connectivity index (χ0v) is 11.8. The molecule has 0 unspecified atom stereocenters. The molecular formula is C11H15ClN2O2S. The van der Waals surface area contributed by atoms with Gasteiger partial charge in [0.25, 0.3) is 0 Å². The largest absolute Gasteiger partial charge is 0.496 e. The fourth-order valence-corrected chi connectivity index (χ4v) is 1.70. The first-order chi connectivity index (χ1) is 7.86.